The predicted octanol–water partition coefficient (Wildman–Crippen LogP) is 4.56. The zero-order chi connectivity index (χ0) is 14.7. The molecule has 0 aliphatic heterocycles. The third-order valence-corrected chi connectivity index (χ3v) is 3.54. The summed E-state index contributed by atoms with van der Waals surface area (Å²) in [4.78, 5) is 0. The van der Waals surface area contributed by atoms with E-state index >= 15 is 0 Å². The van der Waals surface area contributed by atoms with Gasteiger partial charge in [-0.1, -0.05) is 29.8 Å². The maximum atomic E-state index is 6.15. The van der Waals surface area contributed by atoms with Crippen LogP contribution in [0.3, 0.4) is 0 Å². The predicted molar refractivity (Wildman–Crippen MR) is 84.7 cm³/mol. The average Bonchev–Trinajstić information content (AvgIpc) is 2.91. The van der Waals surface area contributed by atoms with Gasteiger partial charge in [-0.25, -0.2) is 0 Å². The van der Waals surface area contributed by atoms with E-state index in [1.165, 1.54) is 0 Å². The van der Waals surface area contributed by atoms with Crippen LogP contribution in [0.4, 0.5) is 0 Å². The van der Waals surface area contributed by atoms with E-state index in [9.17, 15) is 0 Å². The molecule has 2 aromatic carbocycles. The van der Waals surface area contributed by atoms with Gasteiger partial charge < -0.3 is 14.9 Å². The number of hydrogen-bond donors (Lipinski definition) is 1. The maximum absolute atomic E-state index is 6.15. The summed E-state index contributed by atoms with van der Waals surface area (Å²) >= 11 is 5.97. The lowest BCUT2D eigenvalue weighted by Crippen LogP contribution is -2.13. The molecule has 1 aromatic heterocycles. The Morgan fingerprint density at radius 2 is 1.90 bits per heavy atom. The highest BCUT2D eigenvalue weighted by Gasteiger charge is 2.12. The summed E-state index contributed by atoms with van der Waals surface area (Å²) in [6.45, 7) is 0.545. The molecule has 3 rings (SSSR count). The van der Waals surface area contributed by atoms with Gasteiger partial charge >= 0.3 is 0 Å². The molecule has 0 bridgehead atoms. The molecule has 0 amide bonds. The van der Waals surface area contributed by atoms with Gasteiger partial charge in [0.2, 0.25) is 0 Å². The van der Waals surface area contributed by atoms with Gasteiger partial charge in [0.15, 0.2) is 0 Å². The van der Waals surface area contributed by atoms with Gasteiger partial charge in [-0.15, -0.1) is 0 Å². The van der Waals surface area contributed by atoms with Gasteiger partial charge in [0.25, 0.3) is 0 Å². The van der Waals surface area contributed by atoms with Crippen LogP contribution in [-0.4, -0.2) is 6.61 Å². The molecule has 0 saturated heterocycles. The Labute approximate surface area is 128 Å². The van der Waals surface area contributed by atoms with Crippen molar-refractivity contribution >= 4 is 22.6 Å². The van der Waals surface area contributed by atoms with E-state index in [4.69, 9.17) is 26.5 Å². The van der Waals surface area contributed by atoms with E-state index in [1.807, 2.05) is 48.5 Å². The summed E-state index contributed by atoms with van der Waals surface area (Å²) in [6.07, 6.45) is 0.683. The molecule has 0 aliphatic carbocycles. The van der Waals surface area contributed by atoms with Crippen molar-refractivity contribution in [1.29, 1.82) is 0 Å². The molecule has 3 nitrogen and oxygen atoms in total. The standard InChI is InChI=1S/C17H16ClNO2/c18-13-6-7-16-12(10-13)11-17(21-16)15(19)8-9-20-14-4-2-1-3-5-14/h1-7,10-11,15H,8-9,19H2. The zero-order valence-corrected chi connectivity index (χ0v) is 12.2. The largest absolute Gasteiger partial charge is 0.494 e. The number of hydrogen-bond acceptors (Lipinski definition) is 3. The Morgan fingerprint density at radius 3 is 2.71 bits per heavy atom. The lowest BCUT2D eigenvalue weighted by Gasteiger charge is -2.10. The summed E-state index contributed by atoms with van der Waals surface area (Å²) in [5.41, 5.74) is 6.95. The smallest absolute Gasteiger partial charge is 0.134 e. The number of benzene rings is 2. The topological polar surface area (TPSA) is 48.4 Å². The molecule has 0 saturated carbocycles. The maximum Gasteiger partial charge on any atom is 0.134 e. The Kier molecular flexibility index (Phi) is 4.13. The minimum atomic E-state index is -0.195. The lowest BCUT2D eigenvalue weighted by atomic mass is 10.1. The zero-order valence-electron chi connectivity index (χ0n) is 11.5. The first-order valence-corrected chi connectivity index (χ1v) is 7.22. The molecule has 0 aliphatic rings. The monoisotopic (exact) mass is 301 g/mol. The van der Waals surface area contributed by atoms with E-state index in [0.717, 1.165) is 22.5 Å². The van der Waals surface area contributed by atoms with Crippen molar-refractivity contribution in [2.24, 2.45) is 5.73 Å². The Bertz CT molecular complexity index is 724. The molecule has 1 heterocycles. The second kappa shape index (κ2) is 6.20. The highest BCUT2D eigenvalue weighted by Crippen LogP contribution is 2.26. The number of nitrogens with two attached hydrogens (primary N) is 1. The molecule has 21 heavy (non-hydrogen) atoms. The first-order valence-electron chi connectivity index (χ1n) is 6.85. The molecule has 0 fully saturated rings. The second-order valence-corrected chi connectivity index (χ2v) is 5.32. The van der Waals surface area contributed by atoms with Crippen LogP contribution in [0.15, 0.2) is 59.0 Å². The number of para-hydroxylation sites is 1. The quantitative estimate of drug-likeness (QED) is 0.752. The van der Waals surface area contributed by atoms with Gasteiger partial charge in [-0.05, 0) is 36.4 Å². The third kappa shape index (κ3) is 3.38. The molecule has 0 radical (unpaired) electrons. The summed E-state index contributed by atoms with van der Waals surface area (Å²) in [5, 5.41) is 1.66. The van der Waals surface area contributed by atoms with Crippen LogP contribution < -0.4 is 10.5 Å². The van der Waals surface area contributed by atoms with Crippen LogP contribution in [0.2, 0.25) is 5.02 Å². The molecule has 4 heteroatoms. The lowest BCUT2D eigenvalue weighted by molar-refractivity contribution is 0.291. The van der Waals surface area contributed by atoms with Crippen LogP contribution in [0.1, 0.15) is 18.2 Å². The summed E-state index contributed by atoms with van der Waals surface area (Å²) in [6, 6.07) is 17.0. The first-order chi connectivity index (χ1) is 10.2. The number of ether oxygens (including phenoxy) is 1. The fraction of sp³-hybridized carbons (Fsp3) is 0.176. The van der Waals surface area contributed by atoms with Crippen LogP contribution in [0.5, 0.6) is 5.75 Å². The van der Waals surface area contributed by atoms with Gasteiger partial charge in [0, 0.05) is 16.8 Å². The van der Waals surface area contributed by atoms with Crippen molar-refractivity contribution in [3.63, 3.8) is 0 Å². The van der Waals surface area contributed by atoms with E-state index in [1.54, 1.807) is 6.07 Å². The van der Waals surface area contributed by atoms with Crippen molar-refractivity contribution in [2.45, 2.75) is 12.5 Å². The highest BCUT2D eigenvalue weighted by atomic mass is 35.5. The Morgan fingerprint density at radius 1 is 1.10 bits per heavy atom. The summed E-state index contributed by atoms with van der Waals surface area (Å²) in [5.74, 6) is 1.60. The number of furan rings is 1. The molecule has 0 spiro atoms. The third-order valence-electron chi connectivity index (χ3n) is 3.30. The van der Waals surface area contributed by atoms with Gasteiger partial charge in [0.05, 0.1) is 12.6 Å². The fourth-order valence-corrected chi connectivity index (χ4v) is 2.36. The highest BCUT2D eigenvalue weighted by molar-refractivity contribution is 6.31. The Balaban J connectivity index is 1.62. The average molecular weight is 302 g/mol. The van der Waals surface area contributed by atoms with Crippen LogP contribution in [0.25, 0.3) is 11.0 Å². The molecule has 1 atom stereocenters. The van der Waals surface area contributed by atoms with Gasteiger partial charge in [-0.2, -0.15) is 0 Å². The number of halogens is 1. The minimum Gasteiger partial charge on any atom is -0.494 e. The summed E-state index contributed by atoms with van der Waals surface area (Å²) < 4.78 is 11.4. The first kappa shape index (κ1) is 14.0. The van der Waals surface area contributed by atoms with Crippen LogP contribution >= 0.6 is 11.6 Å². The second-order valence-electron chi connectivity index (χ2n) is 4.89. The van der Waals surface area contributed by atoms with E-state index in [-0.39, 0.29) is 6.04 Å². The minimum absolute atomic E-state index is 0.195. The molecule has 108 valence electrons. The van der Waals surface area contributed by atoms with E-state index in [2.05, 4.69) is 0 Å². The van der Waals surface area contributed by atoms with Crippen molar-refractivity contribution in [3.8, 4) is 5.75 Å². The number of fused-ring (bicyclic) bond motifs is 1. The molecule has 2 N–H and O–H groups in total. The van der Waals surface area contributed by atoms with Crippen molar-refractivity contribution in [3.05, 3.63) is 65.4 Å². The molecular weight excluding hydrogens is 286 g/mol. The normalized spacial score (nSPS) is 12.5. The number of rotatable bonds is 5. The van der Waals surface area contributed by atoms with Crippen molar-refractivity contribution < 1.29 is 9.15 Å². The SMILES string of the molecule is NC(CCOc1ccccc1)c1cc2cc(Cl)ccc2o1. The van der Waals surface area contributed by atoms with Gasteiger partial charge in [0.1, 0.15) is 17.1 Å². The summed E-state index contributed by atoms with van der Waals surface area (Å²) in [7, 11) is 0. The van der Waals surface area contributed by atoms with Crippen molar-refractivity contribution in [1.82, 2.24) is 0 Å². The van der Waals surface area contributed by atoms with Crippen LogP contribution in [-0.2, 0) is 0 Å². The van der Waals surface area contributed by atoms with Crippen LogP contribution in [0, 0.1) is 0 Å². The molecule has 1 unspecified atom stereocenters. The van der Waals surface area contributed by atoms with E-state index in [0.29, 0.717) is 18.1 Å². The van der Waals surface area contributed by atoms with Gasteiger partial charge in [-0.3, -0.25) is 0 Å². The molecule has 3 aromatic rings. The Hall–Kier alpha value is -1.97. The fourth-order valence-electron chi connectivity index (χ4n) is 2.18. The van der Waals surface area contributed by atoms with Crippen molar-refractivity contribution in [2.75, 3.05) is 6.61 Å². The molecular formula is C17H16ClNO2. The van der Waals surface area contributed by atoms with E-state index < -0.39 is 0 Å².